The van der Waals surface area contributed by atoms with E-state index in [-0.39, 0.29) is 5.41 Å². The summed E-state index contributed by atoms with van der Waals surface area (Å²) in [4.78, 5) is 20.3. The summed E-state index contributed by atoms with van der Waals surface area (Å²) in [5, 5.41) is 10.4. The minimum absolute atomic E-state index is 0.131. The molecule has 388 valence electrons. The molecule has 0 saturated carbocycles. The molecule has 1 saturated heterocycles. The maximum Gasteiger partial charge on any atom is 0.106 e. The van der Waals surface area contributed by atoms with E-state index < -0.39 is 0 Å². The van der Waals surface area contributed by atoms with Crippen LogP contribution in [0.4, 0.5) is 0 Å². The number of hydrogen-bond acceptors (Lipinski definition) is 9. The molecule has 3 atom stereocenters. The first-order valence-electron chi connectivity index (χ1n) is 25.3. The number of nitrogens with two attached hydrogens (primary N) is 2. The van der Waals surface area contributed by atoms with Crippen molar-refractivity contribution in [2.24, 2.45) is 33.9 Å². The van der Waals surface area contributed by atoms with Crippen molar-refractivity contribution in [3.63, 3.8) is 0 Å². The average Bonchev–Trinajstić information content (AvgIpc) is 3.64. The SMILES string of the molecule is C=CC(=C)N1CC(NC)C1.C=CC(NC)C(C)C.C=CCCC(C)(C)Cc1c(-c2cccnc2C(C)CC)n(CC)c2ccc(/C(=C/C)N=C(C)CCCCCC(C)C=C)cc12.C=O.CNC.NN. The van der Waals surface area contributed by atoms with Crippen molar-refractivity contribution >= 4 is 29.1 Å². The number of likely N-dealkylation sites (tertiary alicyclic amines) is 1. The van der Waals surface area contributed by atoms with Crippen LogP contribution >= 0.6 is 0 Å². The molecule has 10 nitrogen and oxygen atoms in total. The van der Waals surface area contributed by atoms with Crippen LogP contribution in [0.5, 0.6) is 0 Å². The number of unbranched alkanes of at least 4 members (excludes halogenated alkanes) is 2. The normalized spacial score (nSPS) is 13.7. The van der Waals surface area contributed by atoms with E-state index >= 15 is 0 Å². The van der Waals surface area contributed by atoms with Gasteiger partial charge in [-0.05, 0) is 153 Å². The largest absolute Gasteiger partial charge is 0.369 e. The van der Waals surface area contributed by atoms with E-state index in [2.05, 4.69) is 188 Å². The Morgan fingerprint density at radius 1 is 0.971 bits per heavy atom. The fraction of sp³-hybridized carbons (Fsp3) is 0.542. The topological polar surface area (TPSA) is 139 Å². The van der Waals surface area contributed by atoms with Crippen LogP contribution in [0, 0.1) is 17.3 Å². The molecular weight excluding hydrogens is 851 g/mol. The first-order chi connectivity index (χ1) is 33.0. The number of nitrogens with zero attached hydrogens (tertiary/aromatic N) is 4. The molecular formula is C59H101N9O. The molecule has 2 aromatic heterocycles. The Bertz CT molecular complexity index is 1970. The van der Waals surface area contributed by atoms with Gasteiger partial charge in [0.15, 0.2) is 0 Å². The average molecular weight is 953 g/mol. The number of pyridine rings is 1. The van der Waals surface area contributed by atoms with Crippen LogP contribution in [0.1, 0.15) is 143 Å². The first-order valence-corrected chi connectivity index (χ1v) is 25.3. The van der Waals surface area contributed by atoms with Crippen LogP contribution in [0.3, 0.4) is 0 Å². The number of carbonyl (C=O) groups excluding carboxylic acids is 1. The Balaban J connectivity index is 0. The maximum atomic E-state index is 8.00. The van der Waals surface area contributed by atoms with Gasteiger partial charge in [0, 0.05) is 71.4 Å². The molecule has 0 amide bonds. The Morgan fingerprint density at radius 2 is 1.61 bits per heavy atom. The molecule has 3 heterocycles. The van der Waals surface area contributed by atoms with Crippen molar-refractivity contribution < 1.29 is 4.79 Å². The van der Waals surface area contributed by atoms with Crippen LogP contribution in [-0.4, -0.2) is 80.3 Å². The van der Waals surface area contributed by atoms with E-state index in [0.29, 0.717) is 29.8 Å². The summed E-state index contributed by atoms with van der Waals surface area (Å²) < 4.78 is 2.53. The van der Waals surface area contributed by atoms with Crippen molar-refractivity contribution in [2.45, 2.75) is 152 Å². The lowest BCUT2D eigenvalue weighted by atomic mass is 9.80. The number of aryl methyl sites for hydroxylation is 1. The van der Waals surface area contributed by atoms with Gasteiger partial charge in [-0.15, -0.1) is 19.7 Å². The second-order valence-corrected chi connectivity index (χ2v) is 18.9. The molecule has 1 fully saturated rings. The number of aliphatic imine (C=N–C) groups is 1. The molecule has 3 aromatic rings. The summed E-state index contributed by atoms with van der Waals surface area (Å²) in [5.74, 6) is 9.65. The molecule has 0 radical (unpaired) electrons. The van der Waals surface area contributed by atoms with Gasteiger partial charge in [-0.2, -0.15) is 0 Å². The van der Waals surface area contributed by atoms with Gasteiger partial charge in [-0.1, -0.05) is 105 Å². The van der Waals surface area contributed by atoms with E-state index in [1.165, 1.54) is 70.4 Å². The van der Waals surface area contributed by atoms with Crippen LogP contribution in [0.2, 0.25) is 0 Å². The van der Waals surface area contributed by atoms with Crippen molar-refractivity contribution in [1.29, 1.82) is 0 Å². The summed E-state index contributed by atoms with van der Waals surface area (Å²) in [7, 11) is 7.69. The third-order valence-electron chi connectivity index (χ3n) is 12.6. The summed E-state index contributed by atoms with van der Waals surface area (Å²) in [6, 6.07) is 12.5. The third-order valence-corrected chi connectivity index (χ3v) is 12.6. The van der Waals surface area contributed by atoms with E-state index in [1.54, 1.807) is 6.08 Å². The van der Waals surface area contributed by atoms with Crippen LogP contribution in [-0.2, 0) is 17.8 Å². The number of fused-ring (bicyclic) bond motifs is 1. The van der Waals surface area contributed by atoms with Gasteiger partial charge in [-0.3, -0.25) is 21.7 Å². The van der Waals surface area contributed by atoms with Gasteiger partial charge < -0.3 is 30.2 Å². The summed E-state index contributed by atoms with van der Waals surface area (Å²) in [6.07, 6.45) is 22.1. The molecule has 1 aliphatic rings. The summed E-state index contributed by atoms with van der Waals surface area (Å²) >= 11 is 0. The Kier molecular flexibility index (Phi) is 36.6. The standard InChI is InChI=1S/C41H59N3.C8H14N2.C7H15N.C2H7N.CH2O.H4N2/c1-11-16-26-41(9,10)29-36-35-28-33(37(14-4)43-32(8)22-19-17-18-21-30(6)12-2)24-25-38(35)44(15-5)40(36)34-23-20-27-42-39(34)31(7)13-3;1-4-7(2)10-5-8(6-10)9-3;1-5-7(8-4)6(2)3;1-3-2;2*1-2/h11-12,14,20,23-25,27-28,30-31H,1-2,13,15-19,21-22,26,29H2,3-10H3;4,8-9H,1-2,5-6H2,3H3;5-8H,1H2,2-4H3;3H,1-2H3;1H2;1-2H2/b37-14-,43-32?;;;;;. The summed E-state index contributed by atoms with van der Waals surface area (Å²) in [6.45, 7) is 46.7. The Hall–Kier alpha value is -4.71. The molecule has 0 bridgehead atoms. The fourth-order valence-corrected chi connectivity index (χ4v) is 8.11. The van der Waals surface area contributed by atoms with Gasteiger partial charge in [0.25, 0.3) is 0 Å². The highest BCUT2D eigenvalue weighted by molar-refractivity contribution is 5.95. The minimum Gasteiger partial charge on any atom is -0.369 e. The Labute approximate surface area is 423 Å². The fourth-order valence-electron chi connectivity index (χ4n) is 8.11. The molecule has 4 rings (SSSR count). The number of aromatic nitrogens is 2. The zero-order valence-corrected chi connectivity index (χ0v) is 46.3. The van der Waals surface area contributed by atoms with Gasteiger partial charge in [0.2, 0.25) is 0 Å². The van der Waals surface area contributed by atoms with Crippen molar-refractivity contribution in [2.75, 3.05) is 41.3 Å². The quantitative estimate of drug-likeness (QED) is 0.0149. The zero-order chi connectivity index (χ0) is 53.1. The monoisotopic (exact) mass is 952 g/mol. The maximum absolute atomic E-state index is 8.00. The first kappa shape index (κ1) is 66.4. The molecule has 7 N–H and O–H groups in total. The smallest absolute Gasteiger partial charge is 0.106 e. The van der Waals surface area contributed by atoms with Gasteiger partial charge in [-0.25, -0.2) is 0 Å². The predicted octanol–water partition coefficient (Wildman–Crippen LogP) is 12.8. The number of likely N-dealkylation sites (N-methyl/N-ethyl adjacent to an activating group) is 2. The zero-order valence-electron chi connectivity index (χ0n) is 46.3. The van der Waals surface area contributed by atoms with Gasteiger partial charge >= 0.3 is 0 Å². The van der Waals surface area contributed by atoms with Crippen LogP contribution < -0.4 is 27.6 Å². The van der Waals surface area contributed by atoms with Crippen molar-refractivity contribution in [1.82, 2.24) is 30.4 Å². The number of nitrogens with one attached hydrogen (secondary N) is 3. The lowest BCUT2D eigenvalue weighted by molar-refractivity contribution is -0.0980. The van der Waals surface area contributed by atoms with Gasteiger partial charge in [0.1, 0.15) is 6.79 Å². The van der Waals surface area contributed by atoms with E-state index in [4.69, 9.17) is 14.8 Å². The number of hydrazine groups is 1. The number of carbonyl (C=O) groups is 1. The molecule has 1 aromatic carbocycles. The molecule has 0 spiro atoms. The van der Waals surface area contributed by atoms with E-state index in [9.17, 15) is 0 Å². The lowest BCUT2D eigenvalue weighted by Gasteiger charge is -2.41. The molecule has 10 heteroatoms. The van der Waals surface area contributed by atoms with E-state index in [0.717, 1.165) is 63.1 Å². The van der Waals surface area contributed by atoms with E-state index in [1.807, 2.05) is 47.3 Å². The van der Waals surface area contributed by atoms with Crippen LogP contribution in [0.15, 0.2) is 110 Å². The molecule has 69 heavy (non-hydrogen) atoms. The lowest BCUT2D eigenvalue weighted by Crippen LogP contribution is -2.55. The van der Waals surface area contributed by atoms with Crippen LogP contribution in [0.25, 0.3) is 27.9 Å². The Morgan fingerprint density at radius 3 is 2.09 bits per heavy atom. The highest BCUT2D eigenvalue weighted by Gasteiger charge is 2.28. The minimum atomic E-state index is 0.131. The highest BCUT2D eigenvalue weighted by Crippen LogP contribution is 2.42. The predicted molar refractivity (Wildman–Crippen MR) is 308 cm³/mol. The number of hydrogen-bond donors (Lipinski definition) is 5. The van der Waals surface area contributed by atoms with Crippen molar-refractivity contribution in [3.8, 4) is 11.3 Å². The molecule has 0 aliphatic carbocycles. The molecule has 3 unspecified atom stereocenters. The number of benzene rings is 1. The molecule has 1 aliphatic heterocycles. The second-order valence-electron chi connectivity index (χ2n) is 18.9. The second kappa shape index (κ2) is 38.1. The number of rotatable bonds is 24. The number of allylic oxidation sites excluding steroid dienone is 4. The third kappa shape index (κ3) is 23.2. The highest BCUT2D eigenvalue weighted by atomic mass is 16.1. The summed E-state index contributed by atoms with van der Waals surface area (Å²) in [5.41, 5.74) is 11.2. The van der Waals surface area contributed by atoms with Gasteiger partial charge in [0.05, 0.1) is 17.1 Å². The van der Waals surface area contributed by atoms with Crippen molar-refractivity contribution in [3.05, 3.63) is 122 Å².